The van der Waals surface area contributed by atoms with Gasteiger partial charge in [0, 0.05) is 33.8 Å². The molecule has 0 aliphatic heterocycles. The number of hydrogen-bond acceptors (Lipinski definition) is 0. The molecular formula is C50H43N. The maximum atomic E-state index is 2.57. The zero-order valence-electron chi connectivity index (χ0n) is 29.7. The Morgan fingerprint density at radius 1 is 0.431 bits per heavy atom. The van der Waals surface area contributed by atoms with E-state index >= 15 is 0 Å². The quantitative estimate of drug-likeness (QED) is 0.143. The number of aromatic nitrogens is 1. The minimum Gasteiger partial charge on any atom is -0.341 e. The third kappa shape index (κ3) is 4.54. The van der Waals surface area contributed by atoms with Crippen LogP contribution in [0.2, 0.25) is 0 Å². The lowest BCUT2D eigenvalue weighted by Crippen LogP contribution is -2.32. The molecule has 0 unspecified atom stereocenters. The van der Waals surface area contributed by atoms with Crippen molar-refractivity contribution in [3.8, 4) is 22.3 Å². The van der Waals surface area contributed by atoms with Crippen LogP contribution in [0.3, 0.4) is 0 Å². The average Bonchev–Trinajstić information content (AvgIpc) is 3.68. The zero-order valence-corrected chi connectivity index (χ0v) is 29.7. The number of aryl methyl sites for hydroxylation is 1. The SMILES string of the molecule is CCn1c2ccccc2c2cc(-c3ccc4c(c3)C(CC)(CC)c3cc(C(c5ccccc5)(c5ccccc5)c5ccccc5)ccc3-4)ccc21. The van der Waals surface area contributed by atoms with Crippen molar-refractivity contribution in [2.75, 3.05) is 0 Å². The van der Waals surface area contributed by atoms with Crippen LogP contribution in [0.5, 0.6) is 0 Å². The number of rotatable bonds is 8. The first kappa shape index (κ1) is 31.3. The molecule has 0 radical (unpaired) electrons. The van der Waals surface area contributed by atoms with E-state index in [0.29, 0.717) is 0 Å². The van der Waals surface area contributed by atoms with Gasteiger partial charge in [-0.25, -0.2) is 0 Å². The molecule has 1 nitrogen and oxygen atoms in total. The van der Waals surface area contributed by atoms with E-state index in [1.165, 1.54) is 77.4 Å². The Bertz CT molecular complexity index is 2420. The van der Waals surface area contributed by atoms with E-state index in [9.17, 15) is 0 Å². The lowest BCUT2D eigenvalue weighted by atomic mass is 9.64. The molecule has 0 atom stereocenters. The molecule has 0 N–H and O–H groups in total. The minimum atomic E-state index is -0.473. The lowest BCUT2D eigenvalue weighted by molar-refractivity contribution is 0.489. The van der Waals surface area contributed by atoms with Crippen molar-refractivity contribution in [2.24, 2.45) is 0 Å². The molecule has 1 heterocycles. The predicted octanol–water partition coefficient (Wildman–Crippen LogP) is 13.0. The second-order valence-corrected chi connectivity index (χ2v) is 14.2. The predicted molar refractivity (Wildman–Crippen MR) is 216 cm³/mol. The third-order valence-corrected chi connectivity index (χ3v) is 12.0. The normalized spacial score (nSPS) is 13.4. The highest BCUT2D eigenvalue weighted by molar-refractivity contribution is 6.09. The van der Waals surface area contributed by atoms with Crippen LogP contribution in [0.4, 0.5) is 0 Å². The fourth-order valence-corrected chi connectivity index (χ4v) is 9.56. The Kier molecular flexibility index (Phi) is 7.55. The topological polar surface area (TPSA) is 4.93 Å². The van der Waals surface area contributed by atoms with Crippen molar-refractivity contribution < 1.29 is 0 Å². The Balaban J connectivity index is 1.24. The van der Waals surface area contributed by atoms with E-state index in [2.05, 4.69) is 195 Å². The van der Waals surface area contributed by atoms with Gasteiger partial charge in [0.05, 0.1) is 5.41 Å². The van der Waals surface area contributed by atoms with Crippen LogP contribution >= 0.6 is 0 Å². The van der Waals surface area contributed by atoms with Gasteiger partial charge in [-0.1, -0.05) is 159 Å². The molecular weight excluding hydrogens is 615 g/mol. The monoisotopic (exact) mass is 657 g/mol. The molecule has 0 amide bonds. The molecule has 51 heavy (non-hydrogen) atoms. The summed E-state index contributed by atoms with van der Waals surface area (Å²) < 4.78 is 2.44. The van der Waals surface area contributed by atoms with E-state index in [1.54, 1.807) is 0 Å². The number of nitrogens with zero attached hydrogens (tertiary/aromatic N) is 1. The smallest absolute Gasteiger partial charge is 0.0701 e. The van der Waals surface area contributed by atoms with Gasteiger partial charge in [0.2, 0.25) is 0 Å². The summed E-state index contributed by atoms with van der Waals surface area (Å²) in [6.45, 7) is 7.96. The summed E-state index contributed by atoms with van der Waals surface area (Å²) in [5.74, 6) is 0. The van der Waals surface area contributed by atoms with E-state index in [1.807, 2.05) is 0 Å². The van der Waals surface area contributed by atoms with Crippen molar-refractivity contribution >= 4 is 21.8 Å². The Labute approximate surface area is 301 Å². The molecule has 8 aromatic rings. The van der Waals surface area contributed by atoms with Crippen LogP contribution in [0.15, 0.2) is 170 Å². The molecule has 9 rings (SSSR count). The molecule has 248 valence electrons. The summed E-state index contributed by atoms with van der Waals surface area (Å²) in [5.41, 5.74) is 15.4. The summed E-state index contributed by atoms with van der Waals surface area (Å²) >= 11 is 0. The van der Waals surface area contributed by atoms with E-state index in [0.717, 1.165) is 19.4 Å². The standard InChI is InChI=1S/C50H43N/c1-4-49(5-2)45-33-36(35-27-31-48-44(32-35)43-24-16-17-25-47(43)51(48)6-3)26-29-41(45)42-30-28-40(34-46(42)49)50(37-18-10-7-11-19-37,38-20-12-8-13-21-38)39-22-14-9-15-23-39/h7-34H,4-6H2,1-3H3. The third-order valence-electron chi connectivity index (χ3n) is 12.0. The summed E-state index contributed by atoms with van der Waals surface area (Å²) in [7, 11) is 0. The zero-order chi connectivity index (χ0) is 34.6. The largest absolute Gasteiger partial charge is 0.341 e. The number of fused-ring (bicyclic) bond motifs is 6. The maximum absolute atomic E-state index is 2.57. The van der Waals surface area contributed by atoms with Gasteiger partial charge in [0.1, 0.15) is 0 Å². The van der Waals surface area contributed by atoms with Gasteiger partial charge in [-0.15, -0.1) is 0 Å². The Hall–Kier alpha value is -5.66. The first-order valence-electron chi connectivity index (χ1n) is 18.6. The first-order chi connectivity index (χ1) is 25.1. The van der Waals surface area contributed by atoms with Gasteiger partial charge in [0.15, 0.2) is 0 Å². The summed E-state index contributed by atoms with van der Waals surface area (Å²) in [6, 6.07) is 63.8. The van der Waals surface area contributed by atoms with Gasteiger partial charge >= 0.3 is 0 Å². The number of benzene rings is 7. The lowest BCUT2D eigenvalue weighted by Gasteiger charge is -2.38. The van der Waals surface area contributed by atoms with Crippen LogP contribution in [-0.2, 0) is 17.4 Å². The molecule has 0 bridgehead atoms. The highest BCUT2D eigenvalue weighted by Crippen LogP contribution is 2.56. The first-order valence-corrected chi connectivity index (χ1v) is 18.6. The number of para-hydroxylation sites is 1. The molecule has 0 fully saturated rings. The molecule has 0 spiro atoms. The molecule has 1 aliphatic rings. The Morgan fingerprint density at radius 2 is 0.922 bits per heavy atom. The molecule has 7 aromatic carbocycles. The molecule has 0 saturated carbocycles. The highest BCUT2D eigenvalue weighted by Gasteiger charge is 2.44. The second kappa shape index (κ2) is 12.3. The number of hydrogen-bond donors (Lipinski definition) is 0. The molecule has 1 aromatic heterocycles. The molecule has 1 aliphatic carbocycles. The van der Waals surface area contributed by atoms with Crippen molar-refractivity contribution in [3.05, 3.63) is 203 Å². The summed E-state index contributed by atoms with van der Waals surface area (Å²) in [4.78, 5) is 0. The van der Waals surface area contributed by atoms with Gasteiger partial charge < -0.3 is 4.57 Å². The van der Waals surface area contributed by atoms with Crippen molar-refractivity contribution in [1.82, 2.24) is 4.57 Å². The van der Waals surface area contributed by atoms with Gasteiger partial charge in [0.25, 0.3) is 0 Å². The maximum Gasteiger partial charge on any atom is 0.0701 e. The van der Waals surface area contributed by atoms with Crippen LogP contribution in [0, 0.1) is 0 Å². The van der Waals surface area contributed by atoms with Crippen LogP contribution in [0.25, 0.3) is 44.1 Å². The summed E-state index contributed by atoms with van der Waals surface area (Å²) in [5, 5.41) is 2.65. The summed E-state index contributed by atoms with van der Waals surface area (Å²) in [6.07, 6.45) is 2.07. The van der Waals surface area contributed by atoms with Crippen molar-refractivity contribution in [3.63, 3.8) is 0 Å². The molecule has 1 heteroatoms. The van der Waals surface area contributed by atoms with Gasteiger partial charge in [-0.2, -0.15) is 0 Å². The minimum absolute atomic E-state index is 0.0885. The fourth-order valence-electron chi connectivity index (χ4n) is 9.56. The average molecular weight is 658 g/mol. The van der Waals surface area contributed by atoms with E-state index in [4.69, 9.17) is 0 Å². The Morgan fingerprint density at radius 3 is 1.51 bits per heavy atom. The van der Waals surface area contributed by atoms with Gasteiger partial charge in [-0.05, 0) is 99.7 Å². The van der Waals surface area contributed by atoms with E-state index in [-0.39, 0.29) is 5.41 Å². The van der Waals surface area contributed by atoms with Crippen molar-refractivity contribution in [1.29, 1.82) is 0 Å². The van der Waals surface area contributed by atoms with Crippen molar-refractivity contribution in [2.45, 2.75) is 51.0 Å². The second-order valence-electron chi connectivity index (χ2n) is 14.2. The van der Waals surface area contributed by atoms with Crippen LogP contribution in [-0.4, -0.2) is 4.57 Å². The van der Waals surface area contributed by atoms with E-state index < -0.39 is 5.41 Å². The van der Waals surface area contributed by atoms with Crippen LogP contribution in [0.1, 0.15) is 67.0 Å². The fraction of sp³-hybridized carbons (Fsp3) is 0.160. The van der Waals surface area contributed by atoms with Crippen LogP contribution < -0.4 is 0 Å². The molecule has 0 saturated heterocycles. The highest BCUT2D eigenvalue weighted by atomic mass is 15.0. The van der Waals surface area contributed by atoms with Gasteiger partial charge in [-0.3, -0.25) is 0 Å².